The second-order valence-electron chi connectivity index (χ2n) is 6.53. The van der Waals surface area contributed by atoms with Crippen molar-refractivity contribution in [1.29, 1.82) is 0 Å². The fourth-order valence-corrected chi connectivity index (χ4v) is 3.06. The van der Waals surface area contributed by atoms with E-state index in [0.717, 1.165) is 24.0 Å². The summed E-state index contributed by atoms with van der Waals surface area (Å²) in [6.45, 7) is 0.764. The number of nitrogens with one attached hydrogen (secondary N) is 2. The normalized spacial score (nSPS) is 15.9. The van der Waals surface area contributed by atoms with Crippen LogP contribution in [0.25, 0.3) is 0 Å². The van der Waals surface area contributed by atoms with E-state index < -0.39 is 12.8 Å². The van der Waals surface area contributed by atoms with Crippen molar-refractivity contribution in [3.05, 3.63) is 58.8 Å². The predicted molar refractivity (Wildman–Crippen MR) is 93.4 cm³/mol. The van der Waals surface area contributed by atoms with Gasteiger partial charge in [0.1, 0.15) is 0 Å². The van der Waals surface area contributed by atoms with Gasteiger partial charge in [-0.3, -0.25) is 0 Å². The maximum Gasteiger partial charge on any atom is 0.422 e. The zero-order valence-corrected chi connectivity index (χ0v) is 14.8. The number of pyridine rings is 1. The van der Waals surface area contributed by atoms with Gasteiger partial charge in [-0.15, -0.1) is 0 Å². The molecule has 2 aromatic rings. The first kappa shape index (κ1) is 19.0. The second-order valence-corrected chi connectivity index (χ2v) is 6.53. The Morgan fingerprint density at radius 3 is 2.89 bits per heavy atom. The lowest BCUT2D eigenvalue weighted by molar-refractivity contribution is -0.154. The molecule has 3 rings (SSSR count). The molecule has 1 aromatic carbocycles. The number of ether oxygens (including phenoxy) is 1. The zero-order valence-electron chi connectivity index (χ0n) is 14.8. The second kappa shape index (κ2) is 7.85. The molecule has 0 radical (unpaired) electrons. The third kappa shape index (κ3) is 5.35. The third-order valence-corrected chi connectivity index (χ3v) is 4.32. The molecule has 0 saturated carbocycles. The van der Waals surface area contributed by atoms with Crippen LogP contribution >= 0.6 is 0 Å². The van der Waals surface area contributed by atoms with E-state index >= 15 is 0 Å². The first-order valence-electron chi connectivity index (χ1n) is 8.58. The van der Waals surface area contributed by atoms with E-state index in [0.29, 0.717) is 5.56 Å². The van der Waals surface area contributed by atoms with Crippen molar-refractivity contribution in [3.8, 4) is 5.88 Å². The van der Waals surface area contributed by atoms with Crippen molar-refractivity contribution in [3.63, 3.8) is 0 Å². The van der Waals surface area contributed by atoms with Crippen LogP contribution in [-0.4, -0.2) is 23.8 Å². The minimum atomic E-state index is -4.42. The maximum absolute atomic E-state index is 12.2. The number of amides is 2. The van der Waals surface area contributed by atoms with E-state index in [1.807, 2.05) is 6.92 Å². The van der Waals surface area contributed by atoms with Gasteiger partial charge in [-0.1, -0.05) is 23.8 Å². The molecule has 0 fully saturated rings. The molecule has 1 heterocycles. The predicted octanol–water partition coefficient (Wildman–Crippen LogP) is 3.82. The van der Waals surface area contributed by atoms with Gasteiger partial charge in [-0.25, -0.2) is 9.78 Å². The Hall–Kier alpha value is -2.77. The molecular formula is C19H20F3N3O2. The summed E-state index contributed by atoms with van der Waals surface area (Å²) in [4.78, 5) is 15.9. The van der Waals surface area contributed by atoms with Gasteiger partial charge in [0.15, 0.2) is 6.61 Å². The number of halogens is 3. The highest BCUT2D eigenvalue weighted by Crippen LogP contribution is 2.31. The number of aromatic nitrogens is 1. The summed E-state index contributed by atoms with van der Waals surface area (Å²) in [5, 5.41) is 5.66. The molecule has 0 saturated heterocycles. The number of hydrogen-bond donors (Lipinski definition) is 2. The van der Waals surface area contributed by atoms with E-state index in [1.54, 1.807) is 6.07 Å². The number of carbonyl (C=O) groups excluding carboxylic acids is 1. The first-order chi connectivity index (χ1) is 12.8. The van der Waals surface area contributed by atoms with Crippen molar-refractivity contribution in [2.24, 2.45) is 0 Å². The molecular weight excluding hydrogens is 359 g/mol. The Bertz CT molecular complexity index is 824. The maximum atomic E-state index is 12.2. The molecule has 2 amide bonds. The number of hydrogen-bond acceptors (Lipinski definition) is 3. The van der Waals surface area contributed by atoms with Crippen LogP contribution in [0.4, 0.5) is 18.0 Å². The summed E-state index contributed by atoms with van der Waals surface area (Å²) >= 11 is 0. The van der Waals surface area contributed by atoms with E-state index in [-0.39, 0.29) is 24.5 Å². The highest BCUT2D eigenvalue weighted by Gasteiger charge is 2.28. The average molecular weight is 379 g/mol. The van der Waals surface area contributed by atoms with Crippen LogP contribution in [0.3, 0.4) is 0 Å². The molecule has 0 aliphatic heterocycles. The van der Waals surface area contributed by atoms with Crippen molar-refractivity contribution in [1.82, 2.24) is 15.6 Å². The minimum Gasteiger partial charge on any atom is -0.468 e. The monoisotopic (exact) mass is 379 g/mol. The molecule has 144 valence electrons. The van der Waals surface area contributed by atoms with Gasteiger partial charge in [0.2, 0.25) is 5.88 Å². The standard InChI is InChI=1S/C19H20F3N3O2/c1-12-2-3-14-4-5-16(15(14)8-12)25-18(26)24-10-13-6-7-23-17(9-13)27-11-19(20,21)22/h2-3,6-9,16H,4-5,10-11H2,1H3,(H2,24,25,26)/t16-/m0/s1. The van der Waals surface area contributed by atoms with E-state index in [4.69, 9.17) is 0 Å². The molecule has 1 aliphatic carbocycles. The van der Waals surface area contributed by atoms with Gasteiger partial charge < -0.3 is 15.4 Å². The highest BCUT2D eigenvalue weighted by molar-refractivity contribution is 5.74. The number of nitrogens with zero attached hydrogens (tertiary/aromatic N) is 1. The summed E-state index contributed by atoms with van der Waals surface area (Å²) < 4.78 is 41.2. The summed E-state index contributed by atoms with van der Waals surface area (Å²) in [6, 6.07) is 8.84. The summed E-state index contributed by atoms with van der Waals surface area (Å²) in [6.07, 6.45) is -1.32. The lowest BCUT2D eigenvalue weighted by atomic mass is 10.1. The van der Waals surface area contributed by atoms with Gasteiger partial charge in [-0.2, -0.15) is 13.2 Å². The largest absolute Gasteiger partial charge is 0.468 e. The Balaban J connectivity index is 1.52. The average Bonchev–Trinajstić information content (AvgIpc) is 3.00. The molecule has 0 spiro atoms. The molecule has 1 atom stereocenters. The molecule has 8 heteroatoms. The van der Waals surface area contributed by atoms with Gasteiger partial charge >= 0.3 is 12.2 Å². The van der Waals surface area contributed by atoms with Crippen molar-refractivity contribution >= 4 is 6.03 Å². The number of carbonyl (C=O) groups is 1. The number of alkyl halides is 3. The van der Waals surface area contributed by atoms with Gasteiger partial charge in [0, 0.05) is 18.8 Å². The van der Waals surface area contributed by atoms with E-state index in [2.05, 4.69) is 38.6 Å². The van der Waals surface area contributed by atoms with E-state index in [9.17, 15) is 18.0 Å². The summed E-state index contributed by atoms with van der Waals surface area (Å²) in [5.41, 5.74) is 4.12. The van der Waals surface area contributed by atoms with Crippen LogP contribution in [0.5, 0.6) is 5.88 Å². The number of aryl methyl sites for hydroxylation is 2. The van der Waals surface area contributed by atoms with Crippen LogP contribution in [0.1, 0.15) is 34.7 Å². The lowest BCUT2D eigenvalue weighted by Crippen LogP contribution is -2.36. The van der Waals surface area contributed by atoms with Crippen molar-refractivity contribution in [2.75, 3.05) is 6.61 Å². The summed E-state index contributed by atoms with van der Waals surface area (Å²) in [5.74, 6) is -0.132. The molecule has 1 aliphatic rings. The number of benzene rings is 1. The Morgan fingerprint density at radius 2 is 2.11 bits per heavy atom. The van der Waals surface area contributed by atoms with E-state index in [1.165, 1.54) is 17.8 Å². The third-order valence-electron chi connectivity index (χ3n) is 4.32. The van der Waals surface area contributed by atoms with Crippen LogP contribution in [-0.2, 0) is 13.0 Å². The highest BCUT2D eigenvalue weighted by atomic mass is 19.4. The Kier molecular flexibility index (Phi) is 5.53. The van der Waals surface area contributed by atoms with Gasteiger partial charge in [0.25, 0.3) is 0 Å². The minimum absolute atomic E-state index is 0.0389. The zero-order chi connectivity index (χ0) is 19.4. The van der Waals surface area contributed by atoms with Gasteiger partial charge in [-0.05, 0) is 42.5 Å². The molecule has 0 bridgehead atoms. The Labute approximate surface area is 154 Å². The number of fused-ring (bicyclic) bond motifs is 1. The number of urea groups is 1. The molecule has 27 heavy (non-hydrogen) atoms. The van der Waals surface area contributed by atoms with Crippen molar-refractivity contribution < 1.29 is 22.7 Å². The summed E-state index contributed by atoms with van der Waals surface area (Å²) in [7, 11) is 0. The molecule has 0 unspecified atom stereocenters. The van der Waals surface area contributed by atoms with Crippen LogP contribution < -0.4 is 15.4 Å². The molecule has 5 nitrogen and oxygen atoms in total. The molecule has 1 aromatic heterocycles. The van der Waals surface area contributed by atoms with Crippen LogP contribution in [0.15, 0.2) is 36.5 Å². The van der Waals surface area contributed by atoms with Crippen LogP contribution in [0.2, 0.25) is 0 Å². The topological polar surface area (TPSA) is 63.2 Å². The van der Waals surface area contributed by atoms with Crippen LogP contribution in [0, 0.1) is 6.92 Å². The van der Waals surface area contributed by atoms with Gasteiger partial charge in [0.05, 0.1) is 6.04 Å². The molecule has 2 N–H and O–H groups in total. The van der Waals surface area contributed by atoms with Crippen molar-refractivity contribution in [2.45, 2.75) is 38.5 Å². The first-order valence-corrected chi connectivity index (χ1v) is 8.58. The number of rotatable bonds is 5. The SMILES string of the molecule is Cc1ccc2c(c1)[C@@H](NC(=O)NCc1ccnc(OCC(F)(F)F)c1)CC2. The smallest absolute Gasteiger partial charge is 0.422 e. The fraction of sp³-hybridized carbons (Fsp3) is 0.368. The quantitative estimate of drug-likeness (QED) is 0.830. The fourth-order valence-electron chi connectivity index (χ4n) is 3.06. The Morgan fingerprint density at radius 1 is 1.30 bits per heavy atom. The lowest BCUT2D eigenvalue weighted by Gasteiger charge is -2.15.